The van der Waals surface area contributed by atoms with Crippen molar-refractivity contribution in [1.29, 1.82) is 0 Å². The van der Waals surface area contributed by atoms with Gasteiger partial charge in [0.15, 0.2) is 0 Å². The lowest BCUT2D eigenvalue weighted by atomic mass is 9.99. The molecule has 3 nitrogen and oxygen atoms in total. The summed E-state index contributed by atoms with van der Waals surface area (Å²) in [5, 5.41) is 5.08. The van der Waals surface area contributed by atoms with Crippen LogP contribution < -0.4 is 5.32 Å². The lowest BCUT2D eigenvalue weighted by molar-refractivity contribution is 0.239. The van der Waals surface area contributed by atoms with E-state index in [2.05, 4.69) is 44.8 Å². The predicted octanol–water partition coefficient (Wildman–Crippen LogP) is 3.07. The van der Waals surface area contributed by atoms with Gasteiger partial charge in [-0.25, -0.2) is 4.98 Å². The van der Waals surface area contributed by atoms with E-state index in [-0.39, 0.29) is 5.54 Å². The fourth-order valence-electron chi connectivity index (χ4n) is 2.72. The van der Waals surface area contributed by atoms with Crippen LogP contribution in [0.3, 0.4) is 0 Å². The molecule has 0 saturated carbocycles. The molecular weight excluding hydrogens is 254 g/mol. The van der Waals surface area contributed by atoms with Gasteiger partial charge in [0.05, 0.1) is 11.2 Å². The maximum atomic E-state index is 4.84. The lowest BCUT2D eigenvalue weighted by Crippen LogP contribution is -2.46. The van der Waals surface area contributed by atoms with Crippen molar-refractivity contribution >= 4 is 11.3 Å². The number of hydrogen-bond donors (Lipinski definition) is 1. The molecule has 0 aromatic carbocycles. The Balaban J connectivity index is 2.25. The monoisotopic (exact) mass is 281 g/mol. The molecule has 1 aliphatic heterocycles. The smallest absolute Gasteiger partial charge is 0.115 e. The Hall–Kier alpha value is -0.450. The molecule has 1 aromatic heterocycles. The summed E-state index contributed by atoms with van der Waals surface area (Å²) in [7, 11) is 0. The van der Waals surface area contributed by atoms with E-state index in [9.17, 15) is 0 Å². The third-order valence-electron chi connectivity index (χ3n) is 4.18. The van der Waals surface area contributed by atoms with E-state index in [0.29, 0.717) is 6.04 Å². The van der Waals surface area contributed by atoms with Gasteiger partial charge in [-0.3, -0.25) is 4.90 Å². The quantitative estimate of drug-likeness (QED) is 0.899. The topological polar surface area (TPSA) is 28.2 Å². The first kappa shape index (κ1) is 14.9. The molecule has 2 rings (SSSR count). The molecule has 1 aromatic rings. The second kappa shape index (κ2) is 5.90. The molecule has 1 unspecified atom stereocenters. The van der Waals surface area contributed by atoms with E-state index >= 15 is 0 Å². The molecule has 1 fully saturated rings. The van der Waals surface area contributed by atoms with E-state index in [1.165, 1.54) is 35.0 Å². The molecule has 4 heteroatoms. The molecule has 0 bridgehead atoms. The van der Waals surface area contributed by atoms with Gasteiger partial charge in [-0.2, -0.15) is 0 Å². The fourth-order valence-corrected chi connectivity index (χ4v) is 3.82. The number of nitrogens with zero attached hydrogens (tertiary/aromatic N) is 2. The average Bonchev–Trinajstić information content (AvgIpc) is 2.93. The highest BCUT2D eigenvalue weighted by molar-refractivity contribution is 7.11. The van der Waals surface area contributed by atoms with E-state index < -0.39 is 0 Å². The Morgan fingerprint density at radius 3 is 2.63 bits per heavy atom. The first-order valence-corrected chi connectivity index (χ1v) is 8.24. The first-order valence-electron chi connectivity index (χ1n) is 7.42. The summed E-state index contributed by atoms with van der Waals surface area (Å²) in [5.41, 5.74) is 1.28. The van der Waals surface area contributed by atoms with Gasteiger partial charge in [0, 0.05) is 24.0 Å². The number of thiazole rings is 1. The summed E-state index contributed by atoms with van der Waals surface area (Å²) in [6, 6.07) is 0.618. The summed E-state index contributed by atoms with van der Waals surface area (Å²) in [6.07, 6.45) is 2.35. The number of rotatable bonds is 5. The fraction of sp³-hybridized carbons (Fsp3) is 0.800. The van der Waals surface area contributed by atoms with Gasteiger partial charge in [-0.1, -0.05) is 6.92 Å². The molecule has 0 spiro atoms. The molecule has 1 atom stereocenters. The zero-order chi connectivity index (χ0) is 14.0. The number of likely N-dealkylation sites (tertiary alicyclic amines) is 1. The lowest BCUT2D eigenvalue weighted by Gasteiger charge is -2.30. The van der Waals surface area contributed by atoms with Gasteiger partial charge < -0.3 is 5.32 Å². The highest BCUT2D eigenvalue weighted by Crippen LogP contribution is 2.36. The highest BCUT2D eigenvalue weighted by atomic mass is 32.1. The number of nitrogens with one attached hydrogen (secondary N) is 1. The minimum Gasteiger partial charge on any atom is -0.304 e. The van der Waals surface area contributed by atoms with Crippen LogP contribution in [0.5, 0.6) is 0 Å². The molecule has 2 heterocycles. The van der Waals surface area contributed by atoms with Gasteiger partial charge in [0.1, 0.15) is 5.01 Å². The van der Waals surface area contributed by atoms with Crippen molar-refractivity contribution in [1.82, 2.24) is 15.2 Å². The van der Waals surface area contributed by atoms with Crippen molar-refractivity contribution < 1.29 is 0 Å². The van der Waals surface area contributed by atoms with Crippen molar-refractivity contribution in [2.24, 2.45) is 0 Å². The minimum atomic E-state index is 0.0873. The van der Waals surface area contributed by atoms with Crippen molar-refractivity contribution in [3.8, 4) is 0 Å². The van der Waals surface area contributed by atoms with Crippen molar-refractivity contribution in [2.75, 3.05) is 19.6 Å². The molecule has 19 heavy (non-hydrogen) atoms. The second-order valence-electron chi connectivity index (χ2n) is 5.98. The Morgan fingerprint density at radius 1 is 1.42 bits per heavy atom. The molecule has 1 N–H and O–H groups in total. The van der Waals surface area contributed by atoms with Crippen LogP contribution in [-0.2, 0) is 5.54 Å². The van der Waals surface area contributed by atoms with Gasteiger partial charge in [0.2, 0.25) is 0 Å². The summed E-state index contributed by atoms with van der Waals surface area (Å²) in [5.74, 6) is 0. The van der Waals surface area contributed by atoms with E-state index in [4.69, 9.17) is 4.98 Å². The summed E-state index contributed by atoms with van der Waals surface area (Å²) in [6.45, 7) is 14.4. The van der Waals surface area contributed by atoms with E-state index in [1.807, 2.05) is 11.3 Å². The maximum absolute atomic E-state index is 4.84. The van der Waals surface area contributed by atoms with Crippen LogP contribution in [0.25, 0.3) is 0 Å². The molecule has 1 saturated heterocycles. The zero-order valence-electron chi connectivity index (χ0n) is 12.9. The zero-order valence-corrected chi connectivity index (χ0v) is 13.7. The van der Waals surface area contributed by atoms with E-state index in [1.54, 1.807) is 0 Å². The minimum absolute atomic E-state index is 0.0873. The van der Waals surface area contributed by atoms with Crippen molar-refractivity contribution in [3.63, 3.8) is 0 Å². The third kappa shape index (κ3) is 3.01. The first-order chi connectivity index (χ1) is 8.98. The molecule has 0 amide bonds. The normalized spacial score (nSPS) is 24.5. The predicted molar refractivity (Wildman–Crippen MR) is 82.9 cm³/mol. The van der Waals surface area contributed by atoms with Crippen molar-refractivity contribution in [2.45, 2.75) is 59.0 Å². The second-order valence-corrected chi connectivity index (χ2v) is 7.19. The number of aromatic nitrogens is 1. The van der Waals surface area contributed by atoms with Crippen LogP contribution in [0.4, 0.5) is 0 Å². The number of hydrogen-bond acceptors (Lipinski definition) is 4. The average molecular weight is 281 g/mol. The molecule has 1 aliphatic rings. The van der Waals surface area contributed by atoms with Crippen LogP contribution in [0.2, 0.25) is 0 Å². The molecular formula is C15H27N3S. The largest absolute Gasteiger partial charge is 0.304 e. The summed E-state index contributed by atoms with van der Waals surface area (Å²) >= 11 is 1.87. The van der Waals surface area contributed by atoms with Crippen LogP contribution in [0, 0.1) is 13.8 Å². The maximum Gasteiger partial charge on any atom is 0.115 e. The van der Waals surface area contributed by atoms with Gasteiger partial charge >= 0.3 is 0 Å². The van der Waals surface area contributed by atoms with Gasteiger partial charge in [-0.05, 0) is 47.1 Å². The van der Waals surface area contributed by atoms with Gasteiger partial charge in [0.25, 0.3) is 0 Å². The molecule has 108 valence electrons. The SMILES string of the molecule is CCCNC1(c2nc(C)c(C)s2)CCN(C(C)C)C1. The van der Waals surface area contributed by atoms with Crippen LogP contribution in [0.1, 0.15) is 49.2 Å². The summed E-state index contributed by atoms with van der Waals surface area (Å²) < 4.78 is 0. The van der Waals surface area contributed by atoms with Crippen LogP contribution in [-0.4, -0.2) is 35.6 Å². The highest BCUT2D eigenvalue weighted by Gasteiger charge is 2.42. The van der Waals surface area contributed by atoms with E-state index in [0.717, 1.165) is 13.1 Å². The Bertz CT molecular complexity index is 408. The van der Waals surface area contributed by atoms with Gasteiger partial charge in [-0.15, -0.1) is 11.3 Å². The molecule has 0 aliphatic carbocycles. The summed E-state index contributed by atoms with van der Waals surface area (Å²) in [4.78, 5) is 8.76. The standard InChI is InChI=1S/C15H27N3S/c1-6-8-16-15(7-9-18(10-15)11(2)3)14-17-12(4)13(5)19-14/h11,16H,6-10H2,1-5H3. The Labute approximate surface area is 121 Å². The third-order valence-corrected chi connectivity index (χ3v) is 5.46. The van der Waals surface area contributed by atoms with Crippen LogP contribution in [0.15, 0.2) is 0 Å². The van der Waals surface area contributed by atoms with Crippen LogP contribution >= 0.6 is 11.3 Å². The Kier molecular flexibility index (Phi) is 4.64. The number of aryl methyl sites for hydroxylation is 2. The van der Waals surface area contributed by atoms with Crippen molar-refractivity contribution in [3.05, 3.63) is 15.6 Å². The molecule has 0 radical (unpaired) electrons. The Morgan fingerprint density at radius 2 is 2.16 bits per heavy atom.